The molecule has 0 aliphatic rings. The summed E-state index contributed by atoms with van der Waals surface area (Å²) in [6.07, 6.45) is 0.796. The lowest BCUT2D eigenvalue weighted by Crippen LogP contribution is -2.34. The molecule has 0 amide bonds. The Labute approximate surface area is 113 Å². The van der Waals surface area contributed by atoms with Gasteiger partial charge in [-0.1, -0.05) is 6.92 Å². The molecule has 0 radical (unpaired) electrons. The van der Waals surface area contributed by atoms with Gasteiger partial charge in [-0.25, -0.2) is 13.1 Å². The molecule has 0 bridgehead atoms. The Balaban J connectivity index is 2.39. The molecule has 0 saturated carbocycles. The number of hydrogen-bond donors (Lipinski definition) is 2. The van der Waals surface area contributed by atoms with Crippen LogP contribution in [0.4, 0.5) is 5.69 Å². The highest BCUT2D eigenvalue weighted by Gasteiger charge is 2.12. The number of benzene rings is 1. The fraction of sp³-hybridized carbons (Fsp3) is 0.500. The average molecular weight is 288 g/mol. The Bertz CT molecular complexity index is 457. The molecule has 0 fully saturated rings. The molecule has 18 heavy (non-hydrogen) atoms. The standard InChI is InChI=1S/C12H20N2O2S2/c1-3-10(2)14-18(15,16)9-8-17-12-6-4-11(13)5-7-12/h4-7,10,14H,3,8-9,13H2,1-2H3. The number of nitrogen functional groups attached to an aromatic ring is 1. The van der Waals surface area contributed by atoms with E-state index in [9.17, 15) is 8.42 Å². The molecule has 1 unspecified atom stereocenters. The number of rotatable bonds is 7. The normalized spacial score (nSPS) is 13.4. The van der Waals surface area contributed by atoms with Crippen molar-refractivity contribution in [2.75, 3.05) is 17.2 Å². The summed E-state index contributed by atoms with van der Waals surface area (Å²) in [5.74, 6) is 0.669. The molecule has 3 N–H and O–H groups in total. The van der Waals surface area contributed by atoms with Crippen LogP contribution in [0, 0.1) is 0 Å². The Morgan fingerprint density at radius 2 is 1.94 bits per heavy atom. The average Bonchev–Trinajstić information content (AvgIpc) is 2.31. The second-order valence-electron chi connectivity index (χ2n) is 4.16. The SMILES string of the molecule is CCC(C)NS(=O)(=O)CCSc1ccc(N)cc1. The summed E-state index contributed by atoms with van der Waals surface area (Å²) in [5.41, 5.74) is 6.29. The van der Waals surface area contributed by atoms with E-state index in [0.29, 0.717) is 11.4 Å². The minimum Gasteiger partial charge on any atom is -0.399 e. The summed E-state index contributed by atoms with van der Waals surface area (Å²) in [5, 5.41) is 0. The van der Waals surface area contributed by atoms with Gasteiger partial charge in [-0.2, -0.15) is 0 Å². The molecule has 0 saturated heterocycles. The van der Waals surface area contributed by atoms with Crippen LogP contribution < -0.4 is 10.5 Å². The van der Waals surface area contributed by atoms with E-state index >= 15 is 0 Å². The van der Waals surface area contributed by atoms with E-state index in [0.717, 1.165) is 11.3 Å². The van der Waals surface area contributed by atoms with Gasteiger partial charge in [0.05, 0.1) is 5.75 Å². The second kappa shape index (κ2) is 7.01. The number of nitrogens with one attached hydrogen (secondary N) is 1. The fourth-order valence-corrected chi connectivity index (χ4v) is 3.95. The zero-order valence-electron chi connectivity index (χ0n) is 10.7. The van der Waals surface area contributed by atoms with Gasteiger partial charge in [-0.15, -0.1) is 11.8 Å². The second-order valence-corrected chi connectivity index (χ2v) is 7.21. The van der Waals surface area contributed by atoms with E-state index in [1.807, 2.05) is 38.1 Å². The third-order valence-corrected chi connectivity index (χ3v) is 5.27. The molecule has 102 valence electrons. The Morgan fingerprint density at radius 3 is 2.50 bits per heavy atom. The van der Waals surface area contributed by atoms with Gasteiger partial charge in [0.1, 0.15) is 0 Å². The van der Waals surface area contributed by atoms with Crippen molar-refractivity contribution < 1.29 is 8.42 Å². The van der Waals surface area contributed by atoms with Crippen molar-refractivity contribution in [1.29, 1.82) is 0 Å². The molecule has 4 nitrogen and oxygen atoms in total. The number of anilines is 1. The summed E-state index contributed by atoms with van der Waals surface area (Å²) in [6, 6.07) is 7.42. The van der Waals surface area contributed by atoms with Crippen molar-refractivity contribution in [2.45, 2.75) is 31.2 Å². The van der Waals surface area contributed by atoms with Crippen molar-refractivity contribution in [1.82, 2.24) is 4.72 Å². The highest BCUT2D eigenvalue weighted by Crippen LogP contribution is 2.19. The number of nitrogens with two attached hydrogens (primary N) is 1. The van der Waals surface area contributed by atoms with Crippen LogP contribution in [-0.4, -0.2) is 26.0 Å². The van der Waals surface area contributed by atoms with Crippen LogP contribution in [0.1, 0.15) is 20.3 Å². The van der Waals surface area contributed by atoms with E-state index in [4.69, 9.17) is 5.73 Å². The van der Waals surface area contributed by atoms with Crippen LogP contribution in [-0.2, 0) is 10.0 Å². The van der Waals surface area contributed by atoms with Crippen LogP contribution in [0.15, 0.2) is 29.2 Å². The first kappa shape index (κ1) is 15.3. The molecular weight excluding hydrogens is 268 g/mol. The van der Waals surface area contributed by atoms with Crippen molar-refractivity contribution >= 4 is 27.5 Å². The topological polar surface area (TPSA) is 72.2 Å². The van der Waals surface area contributed by atoms with E-state index in [2.05, 4.69) is 4.72 Å². The predicted octanol–water partition coefficient (Wildman–Crippen LogP) is 2.08. The summed E-state index contributed by atoms with van der Waals surface area (Å²) >= 11 is 1.52. The van der Waals surface area contributed by atoms with E-state index in [1.165, 1.54) is 11.8 Å². The number of thioether (sulfide) groups is 1. The fourth-order valence-electron chi connectivity index (χ4n) is 1.28. The molecule has 0 aromatic heterocycles. The van der Waals surface area contributed by atoms with Gasteiger partial charge in [0.15, 0.2) is 0 Å². The van der Waals surface area contributed by atoms with Gasteiger partial charge < -0.3 is 5.73 Å². The first-order chi connectivity index (χ1) is 8.43. The van der Waals surface area contributed by atoms with Gasteiger partial charge >= 0.3 is 0 Å². The molecule has 1 aromatic rings. The zero-order valence-corrected chi connectivity index (χ0v) is 12.4. The first-order valence-electron chi connectivity index (χ1n) is 5.91. The van der Waals surface area contributed by atoms with Crippen molar-refractivity contribution in [2.24, 2.45) is 0 Å². The summed E-state index contributed by atoms with van der Waals surface area (Å²) in [6.45, 7) is 3.82. The molecule has 1 rings (SSSR count). The zero-order chi connectivity index (χ0) is 13.6. The lowest BCUT2D eigenvalue weighted by molar-refractivity contribution is 0.557. The number of sulfonamides is 1. The van der Waals surface area contributed by atoms with E-state index < -0.39 is 10.0 Å². The largest absolute Gasteiger partial charge is 0.399 e. The molecule has 0 aliphatic heterocycles. The highest BCUT2D eigenvalue weighted by atomic mass is 32.2. The predicted molar refractivity (Wildman–Crippen MR) is 78.3 cm³/mol. The molecule has 0 spiro atoms. The molecule has 1 aromatic carbocycles. The molecule has 6 heteroatoms. The van der Waals surface area contributed by atoms with E-state index in [-0.39, 0.29) is 11.8 Å². The Hall–Kier alpha value is -0.720. The quantitative estimate of drug-likeness (QED) is 0.595. The smallest absolute Gasteiger partial charge is 0.212 e. The van der Waals surface area contributed by atoms with Gasteiger partial charge in [-0.3, -0.25) is 0 Å². The minimum absolute atomic E-state index is 0.00322. The number of hydrogen-bond acceptors (Lipinski definition) is 4. The van der Waals surface area contributed by atoms with Crippen molar-refractivity contribution in [3.05, 3.63) is 24.3 Å². The van der Waals surface area contributed by atoms with E-state index in [1.54, 1.807) is 0 Å². The molecule has 1 atom stereocenters. The maximum absolute atomic E-state index is 11.7. The molecular formula is C12H20N2O2S2. The van der Waals surface area contributed by atoms with Gasteiger partial charge in [0.25, 0.3) is 0 Å². The Kier molecular flexibility index (Phi) is 5.98. The van der Waals surface area contributed by atoms with Crippen molar-refractivity contribution in [3.8, 4) is 0 Å². The highest BCUT2D eigenvalue weighted by molar-refractivity contribution is 8.00. The van der Waals surface area contributed by atoms with Gasteiger partial charge in [0, 0.05) is 22.4 Å². The maximum Gasteiger partial charge on any atom is 0.212 e. The van der Waals surface area contributed by atoms with Crippen LogP contribution in [0.5, 0.6) is 0 Å². The van der Waals surface area contributed by atoms with Crippen LogP contribution >= 0.6 is 11.8 Å². The third-order valence-electron chi connectivity index (χ3n) is 2.49. The molecule has 0 aliphatic carbocycles. The first-order valence-corrected chi connectivity index (χ1v) is 8.55. The van der Waals surface area contributed by atoms with Gasteiger partial charge in [-0.05, 0) is 37.6 Å². The lowest BCUT2D eigenvalue weighted by atomic mass is 10.3. The summed E-state index contributed by atoms with van der Waals surface area (Å²) in [7, 11) is -3.17. The summed E-state index contributed by atoms with van der Waals surface area (Å²) in [4.78, 5) is 1.03. The van der Waals surface area contributed by atoms with Gasteiger partial charge in [0.2, 0.25) is 10.0 Å². The van der Waals surface area contributed by atoms with Crippen LogP contribution in [0.3, 0.4) is 0 Å². The third kappa shape index (κ3) is 5.75. The monoisotopic (exact) mass is 288 g/mol. The lowest BCUT2D eigenvalue weighted by Gasteiger charge is -2.11. The summed E-state index contributed by atoms with van der Waals surface area (Å²) < 4.78 is 26.0. The van der Waals surface area contributed by atoms with Crippen molar-refractivity contribution in [3.63, 3.8) is 0 Å². The Morgan fingerprint density at radius 1 is 1.33 bits per heavy atom. The van der Waals surface area contributed by atoms with Crippen LogP contribution in [0.25, 0.3) is 0 Å². The maximum atomic E-state index is 11.7. The van der Waals surface area contributed by atoms with Crippen LogP contribution in [0.2, 0.25) is 0 Å². The minimum atomic E-state index is -3.17. The molecule has 0 heterocycles.